The molecule has 0 aliphatic heterocycles. The predicted molar refractivity (Wildman–Crippen MR) is 47.8 cm³/mol. The molecule has 1 aromatic rings. The van der Waals surface area contributed by atoms with E-state index < -0.39 is 30.1 Å². The van der Waals surface area contributed by atoms with Crippen LogP contribution in [0.3, 0.4) is 0 Å². The van der Waals surface area contributed by atoms with Crippen LogP contribution in [0.5, 0.6) is 0 Å². The number of alkyl halides is 5. The Hall–Kier alpha value is -1.66. The van der Waals surface area contributed by atoms with Crippen molar-refractivity contribution in [3.63, 3.8) is 0 Å². The van der Waals surface area contributed by atoms with E-state index in [9.17, 15) is 26.7 Å². The van der Waals surface area contributed by atoms with Gasteiger partial charge in [0.2, 0.25) is 0 Å². The van der Waals surface area contributed by atoms with E-state index in [0.29, 0.717) is 12.1 Å². The highest BCUT2D eigenvalue weighted by Gasteiger charge is 2.33. The summed E-state index contributed by atoms with van der Waals surface area (Å²) in [5.74, 6) is -3.89. The molecule has 1 N–H and O–H groups in total. The smallest absolute Gasteiger partial charge is 0.416 e. The maximum atomic E-state index is 12.4. The Kier molecular flexibility index (Phi) is 3.69. The van der Waals surface area contributed by atoms with Gasteiger partial charge in [0.1, 0.15) is 5.92 Å². The van der Waals surface area contributed by atoms with E-state index in [1.165, 1.54) is 0 Å². The molecule has 0 aliphatic carbocycles. The number of hydrogen-bond acceptors (Lipinski definition) is 1. The van der Waals surface area contributed by atoms with Crippen LogP contribution < -0.4 is 0 Å². The van der Waals surface area contributed by atoms with Gasteiger partial charge in [-0.05, 0) is 17.7 Å². The largest absolute Gasteiger partial charge is 0.481 e. The number of carboxylic acid groups (broad SMARTS) is 1. The van der Waals surface area contributed by atoms with E-state index >= 15 is 0 Å². The molecule has 1 aromatic carbocycles. The van der Waals surface area contributed by atoms with Gasteiger partial charge >= 0.3 is 12.1 Å². The Balaban J connectivity index is 3.05. The van der Waals surface area contributed by atoms with E-state index in [2.05, 4.69) is 0 Å². The molecule has 0 heterocycles. The molecule has 1 rings (SSSR count). The normalized spacial score (nSPS) is 13.8. The molecule has 0 amide bonds. The van der Waals surface area contributed by atoms with Crippen molar-refractivity contribution in [2.24, 2.45) is 0 Å². The van der Waals surface area contributed by atoms with Gasteiger partial charge in [0.15, 0.2) is 0 Å². The lowest BCUT2D eigenvalue weighted by Crippen LogP contribution is -2.19. The highest BCUT2D eigenvalue weighted by molar-refractivity contribution is 5.76. The summed E-state index contributed by atoms with van der Waals surface area (Å²) in [6.07, 6.45) is -7.76. The van der Waals surface area contributed by atoms with Crippen LogP contribution in [0.4, 0.5) is 22.0 Å². The summed E-state index contributed by atoms with van der Waals surface area (Å²) < 4.78 is 61.3. The molecule has 94 valence electrons. The van der Waals surface area contributed by atoms with Crippen LogP contribution in [-0.4, -0.2) is 17.5 Å². The summed E-state index contributed by atoms with van der Waals surface area (Å²) in [5.41, 5.74) is -1.37. The van der Waals surface area contributed by atoms with E-state index in [1.54, 1.807) is 0 Å². The molecule has 1 unspecified atom stereocenters. The van der Waals surface area contributed by atoms with Crippen molar-refractivity contribution in [2.45, 2.75) is 18.5 Å². The number of halogens is 5. The first-order chi connectivity index (χ1) is 7.73. The minimum absolute atomic E-state index is 0.361. The van der Waals surface area contributed by atoms with Crippen LogP contribution >= 0.6 is 0 Å². The first-order valence-corrected chi connectivity index (χ1v) is 4.41. The van der Waals surface area contributed by atoms with Gasteiger partial charge in [-0.2, -0.15) is 13.2 Å². The van der Waals surface area contributed by atoms with Crippen molar-refractivity contribution in [2.75, 3.05) is 0 Å². The molecular weight excluding hydrogens is 247 g/mol. The van der Waals surface area contributed by atoms with Crippen LogP contribution in [0.1, 0.15) is 17.0 Å². The summed E-state index contributed by atoms with van der Waals surface area (Å²) >= 11 is 0. The second-order valence-corrected chi connectivity index (χ2v) is 3.27. The van der Waals surface area contributed by atoms with Crippen LogP contribution in [0.2, 0.25) is 0 Å². The van der Waals surface area contributed by atoms with Crippen LogP contribution in [-0.2, 0) is 11.0 Å². The second-order valence-electron chi connectivity index (χ2n) is 3.27. The lowest BCUT2D eigenvalue weighted by molar-refractivity contribution is -0.142. The summed E-state index contributed by atoms with van der Waals surface area (Å²) in [4.78, 5) is 10.5. The van der Waals surface area contributed by atoms with Gasteiger partial charge in [0.25, 0.3) is 6.43 Å². The number of rotatable bonds is 3. The molecule has 2 nitrogen and oxygen atoms in total. The van der Waals surface area contributed by atoms with E-state index in [4.69, 9.17) is 5.11 Å². The Morgan fingerprint density at radius 3 is 1.88 bits per heavy atom. The van der Waals surface area contributed by atoms with E-state index in [-0.39, 0.29) is 5.56 Å². The van der Waals surface area contributed by atoms with Gasteiger partial charge in [0.05, 0.1) is 5.56 Å². The van der Waals surface area contributed by atoms with Crippen molar-refractivity contribution in [1.82, 2.24) is 0 Å². The highest BCUT2D eigenvalue weighted by atomic mass is 19.4. The molecule has 17 heavy (non-hydrogen) atoms. The maximum absolute atomic E-state index is 12.4. The van der Waals surface area contributed by atoms with Crippen LogP contribution in [0, 0.1) is 0 Å². The average molecular weight is 254 g/mol. The topological polar surface area (TPSA) is 37.3 Å². The SMILES string of the molecule is O=C(O)C(c1ccc(C(F)(F)F)cc1)C(F)F. The molecular formula is C10H7F5O2. The second kappa shape index (κ2) is 4.68. The van der Waals surface area contributed by atoms with Gasteiger partial charge in [-0.15, -0.1) is 0 Å². The minimum Gasteiger partial charge on any atom is -0.481 e. The zero-order chi connectivity index (χ0) is 13.2. The number of hydrogen-bond donors (Lipinski definition) is 1. The fourth-order valence-electron chi connectivity index (χ4n) is 1.28. The lowest BCUT2D eigenvalue weighted by Gasteiger charge is -2.13. The van der Waals surface area contributed by atoms with Crippen molar-refractivity contribution >= 4 is 5.97 Å². The van der Waals surface area contributed by atoms with E-state index in [0.717, 1.165) is 12.1 Å². The summed E-state index contributed by atoms with van der Waals surface area (Å²) in [6.45, 7) is 0. The van der Waals surface area contributed by atoms with Gasteiger partial charge < -0.3 is 5.11 Å². The molecule has 0 radical (unpaired) electrons. The van der Waals surface area contributed by atoms with Crippen molar-refractivity contribution in [3.8, 4) is 0 Å². The number of carbonyl (C=O) groups is 1. The Morgan fingerprint density at radius 1 is 1.12 bits per heavy atom. The minimum atomic E-state index is -4.58. The van der Waals surface area contributed by atoms with E-state index in [1.807, 2.05) is 0 Å². The maximum Gasteiger partial charge on any atom is 0.416 e. The molecule has 0 aliphatic rings. The number of aliphatic carboxylic acids is 1. The summed E-state index contributed by atoms with van der Waals surface area (Å²) in [6, 6.07) is 2.64. The molecule has 0 saturated heterocycles. The fourth-order valence-corrected chi connectivity index (χ4v) is 1.28. The van der Waals surface area contributed by atoms with Crippen molar-refractivity contribution in [3.05, 3.63) is 35.4 Å². The molecule has 0 spiro atoms. The summed E-state index contributed by atoms with van der Waals surface area (Å²) in [7, 11) is 0. The highest BCUT2D eigenvalue weighted by Crippen LogP contribution is 2.31. The average Bonchev–Trinajstić information content (AvgIpc) is 2.15. The summed E-state index contributed by atoms with van der Waals surface area (Å²) in [5, 5.41) is 8.52. The quantitative estimate of drug-likeness (QED) is 0.841. The predicted octanol–water partition coefficient (Wildman–Crippen LogP) is 3.14. The van der Waals surface area contributed by atoms with Gasteiger partial charge in [0, 0.05) is 0 Å². The van der Waals surface area contributed by atoms with Crippen molar-refractivity contribution in [1.29, 1.82) is 0 Å². The molecule has 0 bridgehead atoms. The number of carboxylic acids is 1. The lowest BCUT2D eigenvalue weighted by atomic mass is 9.98. The molecule has 1 atom stereocenters. The molecule has 0 aromatic heterocycles. The molecule has 0 saturated carbocycles. The Bertz CT molecular complexity index is 396. The van der Waals surface area contributed by atoms with Crippen LogP contribution in [0.25, 0.3) is 0 Å². The third-order valence-corrected chi connectivity index (χ3v) is 2.12. The fraction of sp³-hybridized carbons (Fsp3) is 0.300. The number of benzene rings is 1. The Labute approximate surface area is 92.7 Å². The zero-order valence-corrected chi connectivity index (χ0v) is 8.21. The third-order valence-electron chi connectivity index (χ3n) is 2.12. The zero-order valence-electron chi connectivity index (χ0n) is 8.21. The first kappa shape index (κ1) is 13.4. The Morgan fingerprint density at radius 2 is 1.59 bits per heavy atom. The molecule has 0 fully saturated rings. The van der Waals surface area contributed by atoms with Gasteiger partial charge in [-0.1, -0.05) is 12.1 Å². The standard InChI is InChI=1S/C10H7F5O2/c11-8(12)7(9(16)17)5-1-3-6(4-2-5)10(13,14)15/h1-4,7-8H,(H,16,17). The molecule has 7 heteroatoms. The first-order valence-electron chi connectivity index (χ1n) is 4.41. The van der Waals surface area contributed by atoms with Gasteiger partial charge in [-0.3, -0.25) is 4.79 Å². The monoisotopic (exact) mass is 254 g/mol. The van der Waals surface area contributed by atoms with Gasteiger partial charge in [-0.25, -0.2) is 8.78 Å². The van der Waals surface area contributed by atoms with Crippen molar-refractivity contribution < 1.29 is 31.9 Å². The third kappa shape index (κ3) is 3.15. The van der Waals surface area contributed by atoms with Crippen LogP contribution in [0.15, 0.2) is 24.3 Å².